The number of hydrogen-bond acceptors (Lipinski definition) is 3. The van der Waals surface area contributed by atoms with Crippen LogP contribution in [0.1, 0.15) is 38.0 Å². The molecule has 0 radical (unpaired) electrons. The van der Waals surface area contributed by atoms with Crippen molar-refractivity contribution in [2.75, 3.05) is 19.7 Å². The van der Waals surface area contributed by atoms with Crippen LogP contribution in [0.15, 0.2) is 18.2 Å². The van der Waals surface area contributed by atoms with Crippen molar-refractivity contribution in [1.82, 2.24) is 5.32 Å². The molecule has 1 unspecified atom stereocenters. The largest absolute Gasteiger partial charge is 0.493 e. The predicted molar refractivity (Wildman–Crippen MR) is 75.0 cm³/mol. The number of aliphatic hydroxyl groups excluding tert-OH is 1. The van der Waals surface area contributed by atoms with E-state index in [0.717, 1.165) is 23.4 Å². The standard InChI is InChI=1S/C15H25NO2/c1-5-18-15-7-6-12(4)8-13(15)14(17)10-16-9-11(2)3/h6-8,11,14,16-17H,5,9-10H2,1-4H3. The normalized spacial score (nSPS) is 12.8. The van der Waals surface area contributed by atoms with Crippen molar-refractivity contribution in [3.05, 3.63) is 29.3 Å². The molecule has 3 heteroatoms. The van der Waals surface area contributed by atoms with Crippen LogP contribution in [0, 0.1) is 12.8 Å². The lowest BCUT2D eigenvalue weighted by molar-refractivity contribution is 0.167. The van der Waals surface area contributed by atoms with Crippen LogP contribution in [0.25, 0.3) is 0 Å². The molecular weight excluding hydrogens is 226 g/mol. The van der Waals surface area contributed by atoms with E-state index in [9.17, 15) is 5.11 Å². The molecule has 0 bridgehead atoms. The number of ether oxygens (including phenoxy) is 1. The van der Waals surface area contributed by atoms with Crippen LogP contribution in [-0.2, 0) is 0 Å². The van der Waals surface area contributed by atoms with Crippen molar-refractivity contribution in [1.29, 1.82) is 0 Å². The lowest BCUT2D eigenvalue weighted by Crippen LogP contribution is -2.25. The fraction of sp³-hybridized carbons (Fsp3) is 0.600. The molecule has 0 spiro atoms. The Morgan fingerprint density at radius 1 is 1.28 bits per heavy atom. The van der Waals surface area contributed by atoms with Crippen LogP contribution in [0.2, 0.25) is 0 Å². The minimum absolute atomic E-state index is 0.523. The topological polar surface area (TPSA) is 41.5 Å². The molecule has 3 nitrogen and oxygen atoms in total. The van der Waals surface area contributed by atoms with E-state index in [1.165, 1.54) is 0 Å². The first kappa shape index (κ1) is 15.0. The highest BCUT2D eigenvalue weighted by molar-refractivity contribution is 5.38. The van der Waals surface area contributed by atoms with Crippen molar-refractivity contribution in [3.63, 3.8) is 0 Å². The van der Waals surface area contributed by atoms with Gasteiger partial charge in [0.25, 0.3) is 0 Å². The SMILES string of the molecule is CCOc1ccc(C)cc1C(O)CNCC(C)C. The summed E-state index contributed by atoms with van der Waals surface area (Å²) in [5.74, 6) is 1.36. The van der Waals surface area contributed by atoms with Crippen molar-refractivity contribution < 1.29 is 9.84 Å². The molecule has 102 valence electrons. The third-order valence-corrected chi connectivity index (χ3v) is 2.71. The second kappa shape index (κ2) is 7.39. The molecule has 0 aliphatic carbocycles. The molecular formula is C15H25NO2. The average Bonchev–Trinajstić information content (AvgIpc) is 2.31. The molecule has 0 amide bonds. The van der Waals surface area contributed by atoms with Gasteiger partial charge in [-0.25, -0.2) is 0 Å². The third-order valence-electron chi connectivity index (χ3n) is 2.71. The zero-order chi connectivity index (χ0) is 13.5. The Morgan fingerprint density at radius 3 is 2.61 bits per heavy atom. The second-order valence-corrected chi connectivity index (χ2v) is 5.04. The van der Waals surface area contributed by atoms with Gasteiger partial charge in [-0.05, 0) is 38.4 Å². The summed E-state index contributed by atoms with van der Waals surface area (Å²) in [5.41, 5.74) is 2.00. The van der Waals surface area contributed by atoms with Crippen molar-refractivity contribution in [2.24, 2.45) is 5.92 Å². The first-order chi connectivity index (χ1) is 8.54. The van der Waals surface area contributed by atoms with Crippen LogP contribution < -0.4 is 10.1 Å². The molecule has 0 saturated carbocycles. The molecule has 1 atom stereocenters. The molecule has 1 aromatic rings. The average molecular weight is 251 g/mol. The Hall–Kier alpha value is -1.06. The first-order valence-corrected chi connectivity index (χ1v) is 6.66. The Balaban J connectivity index is 2.70. The van der Waals surface area contributed by atoms with Crippen LogP contribution in [0.5, 0.6) is 5.75 Å². The number of aliphatic hydroxyl groups is 1. The summed E-state index contributed by atoms with van der Waals surface area (Å²) in [6, 6.07) is 5.93. The van der Waals surface area contributed by atoms with Gasteiger partial charge in [0.1, 0.15) is 5.75 Å². The van der Waals surface area contributed by atoms with Gasteiger partial charge in [-0.3, -0.25) is 0 Å². The van der Waals surface area contributed by atoms with E-state index in [2.05, 4.69) is 19.2 Å². The number of rotatable bonds is 7. The van der Waals surface area contributed by atoms with Crippen molar-refractivity contribution in [3.8, 4) is 5.75 Å². The summed E-state index contributed by atoms with van der Waals surface area (Å²) in [5, 5.41) is 13.5. The molecule has 0 aromatic heterocycles. The first-order valence-electron chi connectivity index (χ1n) is 6.66. The predicted octanol–water partition coefficient (Wildman–Crippen LogP) is 2.67. The zero-order valence-electron chi connectivity index (χ0n) is 11.9. The Labute approximate surface area is 110 Å². The zero-order valence-corrected chi connectivity index (χ0v) is 11.9. The Kier molecular flexibility index (Phi) is 6.16. The Morgan fingerprint density at radius 2 is 2.00 bits per heavy atom. The molecule has 1 rings (SSSR count). The van der Waals surface area contributed by atoms with E-state index in [-0.39, 0.29) is 0 Å². The lowest BCUT2D eigenvalue weighted by Gasteiger charge is -2.17. The van der Waals surface area contributed by atoms with Gasteiger partial charge in [0.2, 0.25) is 0 Å². The van der Waals surface area contributed by atoms with E-state index >= 15 is 0 Å². The maximum atomic E-state index is 10.2. The summed E-state index contributed by atoms with van der Waals surface area (Å²) >= 11 is 0. The number of hydrogen-bond donors (Lipinski definition) is 2. The molecule has 18 heavy (non-hydrogen) atoms. The molecule has 0 aliphatic heterocycles. The highest BCUT2D eigenvalue weighted by atomic mass is 16.5. The van der Waals surface area contributed by atoms with E-state index in [1.807, 2.05) is 32.0 Å². The lowest BCUT2D eigenvalue weighted by atomic mass is 10.0. The molecule has 1 aromatic carbocycles. The van der Waals surface area contributed by atoms with E-state index in [0.29, 0.717) is 19.1 Å². The number of nitrogens with one attached hydrogen (secondary N) is 1. The van der Waals surface area contributed by atoms with Crippen molar-refractivity contribution >= 4 is 0 Å². The van der Waals surface area contributed by atoms with Crippen LogP contribution in [0.4, 0.5) is 0 Å². The van der Waals surface area contributed by atoms with Crippen LogP contribution >= 0.6 is 0 Å². The van der Waals surface area contributed by atoms with E-state index in [1.54, 1.807) is 0 Å². The van der Waals surface area contributed by atoms with Crippen molar-refractivity contribution in [2.45, 2.75) is 33.8 Å². The van der Waals surface area contributed by atoms with Gasteiger partial charge in [0, 0.05) is 12.1 Å². The summed E-state index contributed by atoms with van der Waals surface area (Å²) < 4.78 is 5.55. The molecule has 0 fully saturated rings. The van der Waals surface area contributed by atoms with Crippen LogP contribution in [0.3, 0.4) is 0 Å². The van der Waals surface area contributed by atoms with Gasteiger partial charge < -0.3 is 15.2 Å². The van der Waals surface area contributed by atoms with Gasteiger partial charge in [0.15, 0.2) is 0 Å². The van der Waals surface area contributed by atoms with Crippen LogP contribution in [-0.4, -0.2) is 24.8 Å². The minimum Gasteiger partial charge on any atom is -0.493 e. The van der Waals surface area contributed by atoms with Gasteiger partial charge >= 0.3 is 0 Å². The quantitative estimate of drug-likeness (QED) is 0.783. The molecule has 0 aliphatic rings. The monoisotopic (exact) mass is 251 g/mol. The van der Waals surface area contributed by atoms with Gasteiger partial charge in [-0.1, -0.05) is 25.5 Å². The summed E-state index contributed by atoms with van der Waals surface area (Å²) in [6.07, 6.45) is -0.523. The van der Waals surface area contributed by atoms with Gasteiger partial charge in [-0.15, -0.1) is 0 Å². The molecule has 2 N–H and O–H groups in total. The fourth-order valence-electron chi connectivity index (χ4n) is 1.83. The van der Waals surface area contributed by atoms with E-state index in [4.69, 9.17) is 4.74 Å². The third kappa shape index (κ3) is 4.67. The second-order valence-electron chi connectivity index (χ2n) is 5.04. The maximum absolute atomic E-state index is 10.2. The molecule has 0 saturated heterocycles. The maximum Gasteiger partial charge on any atom is 0.125 e. The minimum atomic E-state index is -0.523. The number of benzene rings is 1. The molecule has 0 heterocycles. The number of aryl methyl sites for hydroxylation is 1. The smallest absolute Gasteiger partial charge is 0.125 e. The van der Waals surface area contributed by atoms with Gasteiger partial charge in [0.05, 0.1) is 12.7 Å². The van der Waals surface area contributed by atoms with Gasteiger partial charge in [-0.2, -0.15) is 0 Å². The van der Waals surface area contributed by atoms with E-state index < -0.39 is 6.10 Å². The summed E-state index contributed by atoms with van der Waals surface area (Å²) in [6.45, 7) is 10.4. The fourth-order valence-corrected chi connectivity index (χ4v) is 1.83. The highest BCUT2D eigenvalue weighted by Gasteiger charge is 2.13. The summed E-state index contributed by atoms with van der Waals surface area (Å²) in [7, 11) is 0. The Bertz CT molecular complexity index is 364. The summed E-state index contributed by atoms with van der Waals surface area (Å²) in [4.78, 5) is 0. The highest BCUT2D eigenvalue weighted by Crippen LogP contribution is 2.26.